The molecule has 0 fully saturated rings. The van der Waals surface area contributed by atoms with Crippen molar-refractivity contribution in [1.29, 1.82) is 0 Å². The summed E-state index contributed by atoms with van der Waals surface area (Å²) in [6.45, 7) is 0.0711. The predicted molar refractivity (Wildman–Crippen MR) is 76.6 cm³/mol. The maximum Gasteiger partial charge on any atom is 0.288 e. The van der Waals surface area contributed by atoms with Gasteiger partial charge in [0.15, 0.2) is 5.11 Å². The SMILES string of the molecule is CNC(=O)CNC(=S)Nc1ccc(SC(F)F)cc1. The topological polar surface area (TPSA) is 53.2 Å². The van der Waals surface area contributed by atoms with Crippen molar-refractivity contribution in [2.75, 3.05) is 18.9 Å². The fourth-order valence-electron chi connectivity index (χ4n) is 1.14. The van der Waals surface area contributed by atoms with E-state index in [1.807, 2.05) is 0 Å². The van der Waals surface area contributed by atoms with Crippen LogP contribution in [0.15, 0.2) is 29.2 Å². The first-order valence-corrected chi connectivity index (χ1v) is 6.60. The first-order chi connectivity index (χ1) is 9.01. The Kier molecular flexibility index (Phi) is 6.51. The Balaban J connectivity index is 2.44. The molecule has 0 aromatic heterocycles. The molecule has 0 aliphatic heterocycles. The van der Waals surface area contributed by atoms with E-state index in [0.717, 1.165) is 0 Å². The molecule has 3 N–H and O–H groups in total. The van der Waals surface area contributed by atoms with Crippen LogP contribution in [0.2, 0.25) is 0 Å². The number of hydrogen-bond acceptors (Lipinski definition) is 3. The number of likely N-dealkylation sites (N-methyl/N-ethyl adjacent to an activating group) is 1. The fourth-order valence-corrected chi connectivity index (χ4v) is 1.83. The molecule has 104 valence electrons. The van der Waals surface area contributed by atoms with Crippen LogP contribution in [0.25, 0.3) is 0 Å². The maximum atomic E-state index is 12.1. The molecule has 19 heavy (non-hydrogen) atoms. The molecule has 1 aromatic rings. The van der Waals surface area contributed by atoms with Crippen LogP contribution < -0.4 is 16.0 Å². The van der Waals surface area contributed by atoms with Gasteiger partial charge in [0.1, 0.15) is 0 Å². The lowest BCUT2D eigenvalue weighted by Crippen LogP contribution is -2.37. The lowest BCUT2D eigenvalue weighted by Gasteiger charge is -2.10. The van der Waals surface area contributed by atoms with Crippen LogP contribution in [0.5, 0.6) is 0 Å². The van der Waals surface area contributed by atoms with Gasteiger partial charge in [0.2, 0.25) is 5.91 Å². The third-order valence-electron chi connectivity index (χ3n) is 2.03. The van der Waals surface area contributed by atoms with E-state index in [1.165, 1.54) is 7.05 Å². The normalized spacial score (nSPS) is 10.1. The zero-order chi connectivity index (χ0) is 14.3. The molecule has 8 heteroatoms. The number of nitrogens with one attached hydrogen (secondary N) is 3. The van der Waals surface area contributed by atoms with Crippen LogP contribution in [-0.4, -0.2) is 30.4 Å². The summed E-state index contributed by atoms with van der Waals surface area (Å²) in [6, 6.07) is 6.41. The average Bonchev–Trinajstić information content (AvgIpc) is 2.37. The molecule has 1 amide bonds. The van der Waals surface area contributed by atoms with E-state index in [0.29, 0.717) is 22.3 Å². The van der Waals surface area contributed by atoms with E-state index in [1.54, 1.807) is 24.3 Å². The largest absolute Gasteiger partial charge is 0.358 e. The fraction of sp³-hybridized carbons (Fsp3) is 0.273. The van der Waals surface area contributed by atoms with Crippen molar-refractivity contribution in [3.05, 3.63) is 24.3 Å². The Morgan fingerprint density at radius 2 is 2.00 bits per heavy atom. The number of benzene rings is 1. The highest BCUT2D eigenvalue weighted by Crippen LogP contribution is 2.26. The van der Waals surface area contributed by atoms with Crippen LogP contribution in [-0.2, 0) is 4.79 Å². The molecule has 1 rings (SSSR count). The lowest BCUT2D eigenvalue weighted by molar-refractivity contribution is -0.119. The molecule has 0 heterocycles. The predicted octanol–water partition coefficient (Wildman–Crippen LogP) is 2.03. The summed E-state index contributed by atoms with van der Waals surface area (Å²) in [5.41, 5.74) is 0.660. The van der Waals surface area contributed by atoms with Gasteiger partial charge in [-0.1, -0.05) is 11.8 Å². The number of alkyl halides is 2. The van der Waals surface area contributed by atoms with Gasteiger partial charge in [-0.25, -0.2) is 0 Å². The summed E-state index contributed by atoms with van der Waals surface area (Å²) < 4.78 is 24.2. The molecule has 0 aliphatic carbocycles. The third kappa shape index (κ3) is 6.35. The first-order valence-electron chi connectivity index (χ1n) is 5.31. The molecule has 0 bridgehead atoms. The highest BCUT2D eigenvalue weighted by molar-refractivity contribution is 7.99. The Morgan fingerprint density at radius 1 is 1.37 bits per heavy atom. The molecule has 0 saturated heterocycles. The molecule has 0 spiro atoms. The van der Waals surface area contributed by atoms with Crippen molar-refractivity contribution in [2.45, 2.75) is 10.7 Å². The number of carbonyl (C=O) groups excluding carboxylic acids is 1. The highest BCUT2D eigenvalue weighted by Gasteiger charge is 2.05. The summed E-state index contributed by atoms with van der Waals surface area (Å²) in [5, 5.41) is 8.29. The van der Waals surface area contributed by atoms with Gasteiger partial charge in [-0.3, -0.25) is 4.79 Å². The monoisotopic (exact) mass is 305 g/mol. The van der Waals surface area contributed by atoms with E-state index in [2.05, 4.69) is 16.0 Å². The summed E-state index contributed by atoms with van der Waals surface area (Å²) in [4.78, 5) is 11.5. The second-order valence-corrected chi connectivity index (χ2v) is 4.86. The molecule has 0 aliphatic rings. The molecule has 4 nitrogen and oxygen atoms in total. The van der Waals surface area contributed by atoms with Crippen LogP contribution >= 0.6 is 24.0 Å². The van der Waals surface area contributed by atoms with E-state index >= 15 is 0 Å². The van der Waals surface area contributed by atoms with Gasteiger partial charge in [0.05, 0.1) is 6.54 Å². The Bertz CT molecular complexity index is 440. The first kappa shape index (κ1) is 15.6. The molecule has 1 aromatic carbocycles. The van der Waals surface area contributed by atoms with Crippen LogP contribution in [0.3, 0.4) is 0 Å². The highest BCUT2D eigenvalue weighted by atomic mass is 32.2. The van der Waals surface area contributed by atoms with Gasteiger partial charge in [0, 0.05) is 17.6 Å². The van der Waals surface area contributed by atoms with Gasteiger partial charge >= 0.3 is 0 Å². The van der Waals surface area contributed by atoms with Crippen molar-refractivity contribution >= 4 is 40.7 Å². The third-order valence-corrected chi connectivity index (χ3v) is 2.99. The number of hydrogen-bond donors (Lipinski definition) is 3. The minimum Gasteiger partial charge on any atom is -0.358 e. The van der Waals surface area contributed by atoms with Crippen LogP contribution in [0.4, 0.5) is 14.5 Å². The van der Waals surface area contributed by atoms with Crippen LogP contribution in [0.1, 0.15) is 0 Å². The maximum absolute atomic E-state index is 12.1. The smallest absolute Gasteiger partial charge is 0.288 e. The summed E-state index contributed by atoms with van der Waals surface area (Å²) in [7, 11) is 1.53. The van der Waals surface area contributed by atoms with Crippen molar-refractivity contribution in [3.63, 3.8) is 0 Å². The molecular weight excluding hydrogens is 292 g/mol. The molecular formula is C11H13F2N3OS2. The summed E-state index contributed by atoms with van der Waals surface area (Å²) in [5.74, 6) is -2.62. The molecule has 0 radical (unpaired) electrons. The average molecular weight is 305 g/mol. The molecule has 0 saturated carbocycles. The standard InChI is InChI=1S/C11H13F2N3OS2/c1-14-9(17)6-15-11(18)16-7-2-4-8(5-3-7)19-10(12)13/h2-5,10H,6H2,1H3,(H,14,17)(H2,15,16,18). The van der Waals surface area contributed by atoms with Crippen molar-refractivity contribution in [3.8, 4) is 0 Å². The number of rotatable bonds is 5. The van der Waals surface area contributed by atoms with E-state index in [9.17, 15) is 13.6 Å². The summed E-state index contributed by atoms with van der Waals surface area (Å²) >= 11 is 5.46. The molecule has 0 atom stereocenters. The lowest BCUT2D eigenvalue weighted by atomic mass is 10.3. The Labute approximate surface area is 119 Å². The van der Waals surface area contributed by atoms with Gasteiger partial charge in [0.25, 0.3) is 5.76 Å². The van der Waals surface area contributed by atoms with Gasteiger partial charge in [-0.05, 0) is 36.5 Å². The zero-order valence-electron chi connectivity index (χ0n) is 10.1. The quantitative estimate of drug-likeness (QED) is 0.574. The van der Waals surface area contributed by atoms with Gasteiger partial charge in [-0.15, -0.1) is 0 Å². The Hall–Kier alpha value is -1.41. The van der Waals surface area contributed by atoms with E-state index in [4.69, 9.17) is 12.2 Å². The minimum atomic E-state index is -2.44. The van der Waals surface area contributed by atoms with Gasteiger partial charge < -0.3 is 16.0 Å². The second kappa shape index (κ2) is 7.90. The minimum absolute atomic E-state index is 0.0711. The van der Waals surface area contributed by atoms with Gasteiger partial charge in [-0.2, -0.15) is 8.78 Å². The van der Waals surface area contributed by atoms with E-state index in [-0.39, 0.29) is 17.6 Å². The zero-order valence-corrected chi connectivity index (χ0v) is 11.7. The second-order valence-electron chi connectivity index (χ2n) is 3.38. The molecule has 0 unspecified atom stereocenters. The van der Waals surface area contributed by atoms with Crippen molar-refractivity contribution < 1.29 is 13.6 Å². The number of thiocarbonyl (C=S) groups is 1. The van der Waals surface area contributed by atoms with Crippen molar-refractivity contribution in [2.24, 2.45) is 0 Å². The number of halogens is 2. The van der Waals surface area contributed by atoms with E-state index < -0.39 is 5.76 Å². The number of anilines is 1. The van der Waals surface area contributed by atoms with Crippen LogP contribution in [0, 0.1) is 0 Å². The number of carbonyl (C=O) groups is 1. The summed E-state index contributed by atoms with van der Waals surface area (Å²) in [6.07, 6.45) is 0. The Morgan fingerprint density at radius 3 is 2.53 bits per heavy atom. The number of thioether (sulfide) groups is 1. The number of amides is 1. The van der Waals surface area contributed by atoms with Crippen molar-refractivity contribution in [1.82, 2.24) is 10.6 Å².